The van der Waals surface area contributed by atoms with E-state index in [1.165, 1.54) is 36.4 Å². The van der Waals surface area contributed by atoms with Crippen LogP contribution in [0, 0.1) is 42.9 Å². The molecule has 9 heteroatoms. The molecule has 2 aromatic carbocycles. The Morgan fingerprint density at radius 2 is 1.22 bits per heavy atom. The third-order valence-electron chi connectivity index (χ3n) is 2.81. The molecule has 0 bridgehead atoms. The molecular formula is C14H6N4O4S. The Balaban J connectivity index is 2.37. The minimum absolute atomic E-state index is 0.0811. The largest absolute Gasteiger partial charge is 0.287 e. The van der Waals surface area contributed by atoms with Crippen LogP contribution in [0.3, 0.4) is 0 Å². The summed E-state index contributed by atoms with van der Waals surface area (Å²) in [6, 6.07) is 11.6. The summed E-state index contributed by atoms with van der Waals surface area (Å²) in [5, 5.41) is 39.5. The Kier molecular flexibility index (Phi) is 4.55. The number of benzene rings is 2. The molecule has 0 aliphatic heterocycles. The van der Waals surface area contributed by atoms with Crippen LogP contribution in [0.15, 0.2) is 46.2 Å². The Morgan fingerprint density at radius 1 is 0.826 bits per heavy atom. The minimum Gasteiger partial charge on any atom is -0.258 e. The van der Waals surface area contributed by atoms with Crippen molar-refractivity contribution in [2.75, 3.05) is 0 Å². The number of nitriles is 2. The summed E-state index contributed by atoms with van der Waals surface area (Å²) in [5.41, 5.74) is -0.749. The predicted octanol–water partition coefficient (Wildman–Crippen LogP) is 3.40. The fourth-order valence-corrected chi connectivity index (χ4v) is 2.69. The Bertz CT molecular complexity index is 825. The smallest absolute Gasteiger partial charge is 0.258 e. The first-order chi connectivity index (χ1) is 11.0. The summed E-state index contributed by atoms with van der Waals surface area (Å²) in [6.45, 7) is 0. The van der Waals surface area contributed by atoms with Gasteiger partial charge in [0.1, 0.15) is 23.3 Å². The number of hydrogen-bond donors (Lipinski definition) is 0. The third-order valence-corrected chi connectivity index (χ3v) is 3.79. The van der Waals surface area contributed by atoms with E-state index in [0.29, 0.717) is 9.79 Å². The first kappa shape index (κ1) is 15.9. The molecule has 0 aromatic heterocycles. The van der Waals surface area contributed by atoms with Crippen molar-refractivity contribution in [3.8, 4) is 12.1 Å². The average Bonchev–Trinajstić information content (AvgIpc) is 2.54. The van der Waals surface area contributed by atoms with Gasteiger partial charge in [-0.25, -0.2) is 0 Å². The van der Waals surface area contributed by atoms with Gasteiger partial charge in [-0.15, -0.1) is 0 Å². The lowest BCUT2D eigenvalue weighted by molar-refractivity contribution is -0.385. The quantitative estimate of drug-likeness (QED) is 0.620. The Hall–Kier alpha value is -3.43. The second kappa shape index (κ2) is 6.56. The lowest BCUT2D eigenvalue weighted by Gasteiger charge is -2.03. The Morgan fingerprint density at radius 3 is 1.52 bits per heavy atom. The molecule has 0 N–H and O–H groups in total. The van der Waals surface area contributed by atoms with Gasteiger partial charge < -0.3 is 0 Å². The van der Waals surface area contributed by atoms with Crippen LogP contribution in [0.25, 0.3) is 0 Å². The summed E-state index contributed by atoms with van der Waals surface area (Å²) in [4.78, 5) is 21.4. The molecule has 0 fully saturated rings. The molecule has 0 amide bonds. The second-order valence-corrected chi connectivity index (χ2v) is 5.34. The molecule has 2 rings (SSSR count). The summed E-state index contributed by atoms with van der Waals surface area (Å²) < 4.78 is 0. The van der Waals surface area contributed by atoms with E-state index in [1.54, 1.807) is 12.1 Å². The number of nitro groups is 2. The monoisotopic (exact) mass is 326 g/mol. The van der Waals surface area contributed by atoms with Crippen LogP contribution in [-0.2, 0) is 0 Å². The molecule has 2 aromatic rings. The van der Waals surface area contributed by atoms with E-state index in [2.05, 4.69) is 0 Å². The van der Waals surface area contributed by atoms with Crippen molar-refractivity contribution in [1.29, 1.82) is 10.5 Å². The van der Waals surface area contributed by atoms with Gasteiger partial charge in [0, 0.05) is 21.9 Å². The first-order valence-electron chi connectivity index (χ1n) is 6.01. The number of rotatable bonds is 4. The van der Waals surface area contributed by atoms with Gasteiger partial charge in [-0.3, -0.25) is 20.2 Å². The molecule has 0 aliphatic carbocycles. The van der Waals surface area contributed by atoms with Gasteiger partial charge in [0.05, 0.1) is 9.85 Å². The highest BCUT2D eigenvalue weighted by Gasteiger charge is 2.16. The molecule has 8 nitrogen and oxygen atoms in total. The zero-order valence-electron chi connectivity index (χ0n) is 11.3. The number of nitrogens with zero attached hydrogens (tertiary/aromatic N) is 4. The fourth-order valence-electron chi connectivity index (χ4n) is 1.79. The first-order valence-corrected chi connectivity index (χ1v) is 6.83. The van der Waals surface area contributed by atoms with Crippen molar-refractivity contribution in [2.24, 2.45) is 0 Å². The summed E-state index contributed by atoms with van der Waals surface area (Å²) >= 11 is 1.14. The van der Waals surface area contributed by atoms with Crippen molar-refractivity contribution < 1.29 is 9.85 Å². The van der Waals surface area contributed by atoms with Crippen LogP contribution < -0.4 is 0 Å². The van der Waals surface area contributed by atoms with Crippen LogP contribution in [0.1, 0.15) is 11.1 Å². The predicted molar refractivity (Wildman–Crippen MR) is 79.7 cm³/mol. The van der Waals surface area contributed by atoms with Gasteiger partial charge in [0.15, 0.2) is 0 Å². The highest BCUT2D eigenvalue weighted by Crippen LogP contribution is 2.33. The van der Waals surface area contributed by atoms with Crippen molar-refractivity contribution >= 4 is 23.1 Å². The maximum absolute atomic E-state index is 10.8. The van der Waals surface area contributed by atoms with Crippen molar-refractivity contribution in [2.45, 2.75) is 9.79 Å². The van der Waals surface area contributed by atoms with E-state index in [4.69, 9.17) is 10.5 Å². The minimum atomic E-state index is -0.646. The van der Waals surface area contributed by atoms with Gasteiger partial charge in [0.2, 0.25) is 0 Å². The van der Waals surface area contributed by atoms with E-state index in [9.17, 15) is 20.2 Å². The van der Waals surface area contributed by atoms with Crippen molar-refractivity contribution in [1.82, 2.24) is 0 Å². The van der Waals surface area contributed by atoms with Crippen LogP contribution >= 0.6 is 11.8 Å². The van der Waals surface area contributed by atoms with Crippen LogP contribution in [0.4, 0.5) is 11.4 Å². The van der Waals surface area contributed by atoms with Crippen LogP contribution in [0.2, 0.25) is 0 Å². The molecular weight excluding hydrogens is 320 g/mol. The van der Waals surface area contributed by atoms with Gasteiger partial charge in [0.25, 0.3) is 11.4 Å². The number of nitro benzene ring substituents is 2. The Labute approximate surface area is 133 Å². The van der Waals surface area contributed by atoms with Crippen molar-refractivity contribution in [3.05, 3.63) is 67.8 Å². The standard InChI is InChI=1S/C14H6N4O4S/c15-7-9-5-11(1-3-13(9)17(19)20)23-12-2-4-14(18(21)22)10(6-12)8-16/h1-6H. The van der Waals surface area contributed by atoms with Crippen LogP contribution in [-0.4, -0.2) is 9.85 Å². The molecule has 112 valence electrons. The molecule has 0 aliphatic rings. The van der Waals surface area contributed by atoms with E-state index >= 15 is 0 Å². The maximum Gasteiger partial charge on any atom is 0.287 e. The highest BCUT2D eigenvalue weighted by molar-refractivity contribution is 7.99. The van der Waals surface area contributed by atoms with Crippen molar-refractivity contribution in [3.63, 3.8) is 0 Å². The maximum atomic E-state index is 10.8. The second-order valence-electron chi connectivity index (χ2n) is 4.20. The van der Waals surface area contributed by atoms with Crippen LogP contribution in [0.5, 0.6) is 0 Å². The highest BCUT2D eigenvalue weighted by atomic mass is 32.2. The summed E-state index contributed by atoms with van der Waals surface area (Å²) in [5.74, 6) is 0. The molecule has 0 atom stereocenters. The van der Waals surface area contributed by atoms with E-state index in [1.807, 2.05) is 0 Å². The SMILES string of the molecule is N#Cc1cc(Sc2ccc([N+](=O)[O-])c(C#N)c2)ccc1[N+](=O)[O-]. The molecule has 0 radical (unpaired) electrons. The lowest BCUT2D eigenvalue weighted by Crippen LogP contribution is -1.93. The van der Waals surface area contributed by atoms with E-state index in [-0.39, 0.29) is 22.5 Å². The zero-order chi connectivity index (χ0) is 17.0. The zero-order valence-corrected chi connectivity index (χ0v) is 12.1. The van der Waals surface area contributed by atoms with Gasteiger partial charge in [-0.2, -0.15) is 10.5 Å². The topological polar surface area (TPSA) is 134 Å². The fraction of sp³-hybridized carbons (Fsp3) is 0. The molecule has 0 heterocycles. The van der Waals surface area contributed by atoms with Gasteiger partial charge in [-0.1, -0.05) is 11.8 Å². The average molecular weight is 326 g/mol. The third kappa shape index (κ3) is 3.43. The molecule has 0 saturated heterocycles. The van der Waals surface area contributed by atoms with E-state index in [0.717, 1.165) is 11.8 Å². The molecule has 0 saturated carbocycles. The lowest BCUT2D eigenvalue weighted by atomic mass is 10.2. The molecule has 0 unspecified atom stereocenters. The van der Waals surface area contributed by atoms with E-state index < -0.39 is 9.85 Å². The summed E-state index contributed by atoms with van der Waals surface area (Å²) in [7, 11) is 0. The number of hydrogen-bond acceptors (Lipinski definition) is 7. The normalized spacial score (nSPS) is 9.65. The van der Waals surface area contributed by atoms with Gasteiger partial charge >= 0.3 is 0 Å². The molecule has 0 spiro atoms. The van der Waals surface area contributed by atoms with Gasteiger partial charge in [-0.05, 0) is 24.3 Å². The summed E-state index contributed by atoms with van der Waals surface area (Å²) in [6.07, 6.45) is 0. The molecule has 23 heavy (non-hydrogen) atoms.